The van der Waals surface area contributed by atoms with E-state index in [0.29, 0.717) is 11.3 Å². The molecule has 0 aliphatic carbocycles. The summed E-state index contributed by atoms with van der Waals surface area (Å²) >= 11 is 0. The third-order valence-corrected chi connectivity index (χ3v) is 3.98. The molecule has 0 aliphatic heterocycles. The van der Waals surface area contributed by atoms with E-state index in [1.807, 2.05) is 24.3 Å². The number of nitrogens with two attached hydrogens (primary N) is 1. The van der Waals surface area contributed by atoms with Crippen LogP contribution in [0.15, 0.2) is 58.3 Å². The number of hydrogen-bond donors (Lipinski definition) is 3. The molecular formula is C18H15N7O3. The molecule has 4 aromatic rings. The minimum atomic E-state index is -0.366. The highest BCUT2D eigenvalue weighted by atomic mass is 16.6. The van der Waals surface area contributed by atoms with Crippen LogP contribution >= 0.6 is 0 Å². The van der Waals surface area contributed by atoms with Gasteiger partial charge in [-0.3, -0.25) is 4.79 Å². The number of aromatic nitrogens is 4. The Morgan fingerprint density at radius 2 is 2.00 bits per heavy atom. The van der Waals surface area contributed by atoms with Crippen molar-refractivity contribution < 1.29 is 14.5 Å². The van der Waals surface area contributed by atoms with Gasteiger partial charge in [-0.05, 0) is 52.3 Å². The first-order valence-electron chi connectivity index (χ1n) is 8.26. The first kappa shape index (κ1) is 17.2. The van der Waals surface area contributed by atoms with Crippen LogP contribution in [-0.2, 0) is 11.3 Å². The van der Waals surface area contributed by atoms with E-state index in [0.717, 1.165) is 11.1 Å². The first-order valence-corrected chi connectivity index (χ1v) is 8.26. The SMILES string of the molecule is Nc1nonc1-c1nc2ccccc2n1CC(=O)N/N=C\c1ccc(O)cc1. The Hall–Kier alpha value is -4.21. The van der Waals surface area contributed by atoms with Crippen LogP contribution in [0.3, 0.4) is 0 Å². The van der Waals surface area contributed by atoms with Gasteiger partial charge in [-0.15, -0.1) is 0 Å². The van der Waals surface area contributed by atoms with Gasteiger partial charge in [0.1, 0.15) is 12.3 Å². The number of carbonyl (C=O) groups is 1. The highest BCUT2D eigenvalue weighted by Crippen LogP contribution is 2.26. The summed E-state index contributed by atoms with van der Waals surface area (Å²) in [5.74, 6) is 0.247. The molecule has 0 bridgehead atoms. The summed E-state index contributed by atoms with van der Waals surface area (Å²) in [6.45, 7) is -0.0605. The Labute approximate surface area is 158 Å². The number of para-hydroxylation sites is 2. The maximum absolute atomic E-state index is 12.4. The normalized spacial score (nSPS) is 11.3. The lowest BCUT2D eigenvalue weighted by Crippen LogP contribution is -2.23. The predicted molar refractivity (Wildman–Crippen MR) is 101 cm³/mol. The molecule has 0 saturated carbocycles. The molecule has 4 rings (SSSR count). The molecule has 0 radical (unpaired) electrons. The molecule has 10 heteroatoms. The zero-order valence-electron chi connectivity index (χ0n) is 14.5. The molecular weight excluding hydrogens is 362 g/mol. The van der Waals surface area contributed by atoms with Crippen LogP contribution in [0, 0.1) is 0 Å². The second-order valence-electron chi connectivity index (χ2n) is 5.89. The van der Waals surface area contributed by atoms with Gasteiger partial charge in [-0.25, -0.2) is 15.0 Å². The Morgan fingerprint density at radius 3 is 2.75 bits per heavy atom. The van der Waals surface area contributed by atoms with Crippen molar-refractivity contribution in [2.45, 2.75) is 6.54 Å². The fourth-order valence-corrected chi connectivity index (χ4v) is 2.69. The number of aromatic hydroxyl groups is 1. The largest absolute Gasteiger partial charge is 0.508 e. The van der Waals surface area contributed by atoms with Crippen molar-refractivity contribution in [1.82, 2.24) is 25.3 Å². The van der Waals surface area contributed by atoms with Gasteiger partial charge in [-0.2, -0.15) is 5.10 Å². The third-order valence-electron chi connectivity index (χ3n) is 3.98. The summed E-state index contributed by atoms with van der Waals surface area (Å²) in [7, 11) is 0. The molecule has 0 spiro atoms. The van der Waals surface area contributed by atoms with Crippen molar-refractivity contribution in [3.8, 4) is 17.3 Å². The number of phenols is 1. The number of amides is 1. The van der Waals surface area contributed by atoms with Crippen LogP contribution in [0.25, 0.3) is 22.6 Å². The van der Waals surface area contributed by atoms with Gasteiger partial charge >= 0.3 is 0 Å². The van der Waals surface area contributed by atoms with Gasteiger partial charge in [-0.1, -0.05) is 12.1 Å². The molecule has 2 aromatic carbocycles. The van der Waals surface area contributed by atoms with Crippen LogP contribution in [0.2, 0.25) is 0 Å². The molecule has 4 N–H and O–H groups in total. The van der Waals surface area contributed by atoms with E-state index in [1.165, 1.54) is 18.3 Å². The van der Waals surface area contributed by atoms with E-state index in [1.54, 1.807) is 16.7 Å². The van der Waals surface area contributed by atoms with E-state index in [2.05, 4.69) is 30.5 Å². The van der Waals surface area contributed by atoms with Gasteiger partial charge in [0, 0.05) is 0 Å². The van der Waals surface area contributed by atoms with E-state index in [-0.39, 0.29) is 29.7 Å². The molecule has 0 saturated heterocycles. The summed E-state index contributed by atoms with van der Waals surface area (Å²) in [6, 6.07) is 13.8. The zero-order chi connectivity index (χ0) is 19.5. The number of anilines is 1. The minimum absolute atomic E-state index is 0.0605. The average molecular weight is 377 g/mol. The number of carbonyl (C=O) groups excluding carboxylic acids is 1. The van der Waals surface area contributed by atoms with Crippen molar-refractivity contribution in [1.29, 1.82) is 0 Å². The quantitative estimate of drug-likeness (QED) is 0.353. The number of fused-ring (bicyclic) bond motifs is 1. The highest BCUT2D eigenvalue weighted by Gasteiger charge is 2.20. The van der Waals surface area contributed by atoms with Gasteiger partial charge in [0.2, 0.25) is 0 Å². The predicted octanol–water partition coefficient (Wildman–Crippen LogP) is 1.52. The number of hydrogen-bond acceptors (Lipinski definition) is 8. The number of nitrogens with zero attached hydrogens (tertiary/aromatic N) is 5. The maximum Gasteiger partial charge on any atom is 0.260 e. The lowest BCUT2D eigenvalue weighted by atomic mass is 10.2. The molecule has 2 heterocycles. The summed E-state index contributed by atoms with van der Waals surface area (Å²) < 4.78 is 6.32. The van der Waals surface area contributed by atoms with Crippen LogP contribution < -0.4 is 11.2 Å². The molecule has 0 aliphatic rings. The Bertz CT molecular complexity index is 1160. The first-order chi connectivity index (χ1) is 13.6. The van der Waals surface area contributed by atoms with Crippen molar-refractivity contribution >= 4 is 29.0 Å². The van der Waals surface area contributed by atoms with Crippen LogP contribution in [-0.4, -0.2) is 37.1 Å². The molecule has 2 aromatic heterocycles. The molecule has 1 amide bonds. The topological polar surface area (TPSA) is 144 Å². The van der Waals surface area contributed by atoms with Crippen LogP contribution in [0.1, 0.15) is 5.56 Å². The van der Waals surface area contributed by atoms with Crippen molar-refractivity contribution in [2.24, 2.45) is 5.10 Å². The standard InChI is InChI=1S/C18H15N7O3/c19-17-16(23-28-24-17)18-21-13-3-1-2-4-14(13)25(18)10-15(27)22-20-9-11-5-7-12(26)8-6-11/h1-9,26H,10H2,(H2,19,24)(H,22,27)/b20-9-. The maximum atomic E-state index is 12.4. The molecule has 10 nitrogen and oxygen atoms in total. The van der Waals surface area contributed by atoms with E-state index in [9.17, 15) is 9.90 Å². The van der Waals surface area contributed by atoms with E-state index < -0.39 is 0 Å². The number of hydrazone groups is 1. The summed E-state index contributed by atoms with van der Waals surface area (Å²) in [5, 5.41) is 20.6. The highest BCUT2D eigenvalue weighted by molar-refractivity contribution is 5.86. The number of nitrogens with one attached hydrogen (secondary N) is 1. The number of benzene rings is 2. The van der Waals surface area contributed by atoms with Gasteiger partial charge in [0.25, 0.3) is 5.91 Å². The van der Waals surface area contributed by atoms with Crippen LogP contribution in [0.5, 0.6) is 5.75 Å². The number of nitrogen functional groups attached to an aromatic ring is 1. The van der Waals surface area contributed by atoms with Gasteiger partial charge in [0.05, 0.1) is 17.2 Å². The average Bonchev–Trinajstić information content (AvgIpc) is 3.27. The zero-order valence-corrected chi connectivity index (χ0v) is 14.5. The number of rotatable bonds is 5. The smallest absolute Gasteiger partial charge is 0.260 e. The molecule has 0 unspecified atom stereocenters. The Kier molecular flexibility index (Phi) is 4.42. The number of imidazole rings is 1. The summed E-state index contributed by atoms with van der Waals surface area (Å²) in [4.78, 5) is 16.9. The molecule has 28 heavy (non-hydrogen) atoms. The lowest BCUT2D eigenvalue weighted by Gasteiger charge is -2.06. The Balaban J connectivity index is 1.57. The van der Waals surface area contributed by atoms with Crippen molar-refractivity contribution in [3.63, 3.8) is 0 Å². The van der Waals surface area contributed by atoms with Gasteiger partial charge in [0.15, 0.2) is 17.3 Å². The molecule has 0 fully saturated rings. The summed E-state index contributed by atoms with van der Waals surface area (Å²) in [6.07, 6.45) is 1.48. The number of phenolic OH excluding ortho intramolecular Hbond substituents is 1. The van der Waals surface area contributed by atoms with Crippen LogP contribution in [0.4, 0.5) is 5.82 Å². The van der Waals surface area contributed by atoms with Crippen molar-refractivity contribution in [2.75, 3.05) is 5.73 Å². The molecule has 140 valence electrons. The van der Waals surface area contributed by atoms with Gasteiger partial charge < -0.3 is 15.4 Å². The molecule has 0 atom stereocenters. The summed E-state index contributed by atoms with van der Waals surface area (Å²) in [5.41, 5.74) is 10.7. The third kappa shape index (κ3) is 3.38. The fourth-order valence-electron chi connectivity index (χ4n) is 2.69. The second kappa shape index (κ2) is 7.19. The lowest BCUT2D eigenvalue weighted by molar-refractivity contribution is -0.121. The minimum Gasteiger partial charge on any atom is -0.508 e. The monoisotopic (exact) mass is 377 g/mol. The van der Waals surface area contributed by atoms with Crippen molar-refractivity contribution in [3.05, 3.63) is 54.1 Å². The second-order valence-corrected chi connectivity index (χ2v) is 5.89. The fraction of sp³-hybridized carbons (Fsp3) is 0.0556. The van der Waals surface area contributed by atoms with E-state index in [4.69, 9.17) is 5.73 Å². The Morgan fingerprint density at radius 1 is 1.21 bits per heavy atom. The van der Waals surface area contributed by atoms with E-state index >= 15 is 0 Å².